The Morgan fingerprint density at radius 3 is 2.62 bits per heavy atom. The first-order chi connectivity index (χ1) is 9.96. The van der Waals surface area contributed by atoms with Crippen molar-refractivity contribution >= 4 is 11.6 Å². The maximum Gasteiger partial charge on any atom is 0.256 e. The van der Waals surface area contributed by atoms with Crippen LogP contribution in [0.25, 0.3) is 0 Å². The van der Waals surface area contributed by atoms with Gasteiger partial charge in [0, 0.05) is 12.7 Å². The first-order valence-electron chi connectivity index (χ1n) is 7.43. The first-order valence-corrected chi connectivity index (χ1v) is 7.43. The van der Waals surface area contributed by atoms with E-state index in [-0.39, 0.29) is 5.91 Å². The van der Waals surface area contributed by atoms with Gasteiger partial charge < -0.3 is 14.8 Å². The predicted octanol–water partition coefficient (Wildman–Crippen LogP) is 3.32. The second-order valence-electron chi connectivity index (χ2n) is 5.21. The fourth-order valence-electron chi connectivity index (χ4n) is 2.12. The van der Waals surface area contributed by atoms with E-state index in [1.54, 1.807) is 19.2 Å². The van der Waals surface area contributed by atoms with Crippen molar-refractivity contribution in [3.63, 3.8) is 0 Å². The van der Waals surface area contributed by atoms with Crippen molar-refractivity contribution < 1.29 is 14.3 Å². The summed E-state index contributed by atoms with van der Waals surface area (Å²) in [6.07, 6.45) is 2.68. The standard InChI is InChI=1S/C16H26N2O3/c1-6-8-11-16(4,21-7-2)15(19)18-13-9-10-14(20-5)17-12(13)3/h9-10H,6-8,11H2,1-5H3,(H,18,19)/t16-/m1/s1. The molecule has 0 bridgehead atoms. The Kier molecular flexibility index (Phi) is 6.62. The Labute approximate surface area is 127 Å². The zero-order valence-corrected chi connectivity index (χ0v) is 13.7. The molecule has 0 saturated carbocycles. The Morgan fingerprint density at radius 1 is 1.38 bits per heavy atom. The minimum atomic E-state index is -0.808. The van der Waals surface area contributed by atoms with Gasteiger partial charge in [-0.15, -0.1) is 0 Å². The Morgan fingerprint density at radius 2 is 2.10 bits per heavy atom. The molecule has 1 heterocycles. The van der Waals surface area contributed by atoms with Crippen LogP contribution in [0, 0.1) is 6.92 Å². The van der Waals surface area contributed by atoms with Crippen LogP contribution in [0.5, 0.6) is 5.88 Å². The zero-order chi connectivity index (χ0) is 15.9. The molecule has 1 rings (SSSR count). The molecule has 0 fully saturated rings. The highest BCUT2D eigenvalue weighted by Crippen LogP contribution is 2.23. The van der Waals surface area contributed by atoms with E-state index in [1.165, 1.54) is 0 Å². The number of rotatable bonds is 8. The van der Waals surface area contributed by atoms with Crippen LogP contribution in [0.4, 0.5) is 5.69 Å². The smallest absolute Gasteiger partial charge is 0.256 e. The third-order valence-electron chi connectivity index (χ3n) is 3.47. The highest BCUT2D eigenvalue weighted by molar-refractivity contribution is 5.97. The molecule has 1 N–H and O–H groups in total. The average molecular weight is 294 g/mol. The Hall–Kier alpha value is -1.62. The van der Waals surface area contributed by atoms with E-state index < -0.39 is 5.60 Å². The van der Waals surface area contributed by atoms with Gasteiger partial charge in [-0.3, -0.25) is 4.79 Å². The minimum absolute atomic E-state index is 0.132. The van der Waals surface area contributed by atoms with Crippen molar-refractivity contribution in [3.8, 4) is 5.88 Å². The number of methoxy groups -OCH3 is 1. The SMILES string of the molecule is CCCC[C@@](C)(OCC)C(=O)Nc1ccc(OC)nc1C. The largest absolute Gasteiger partial charge is 0.481 e. The van der Waals surface area contributed by atoms with Crippen molar-refractivity contribution in [2.75, 3.05) is 19.0 Å². The number of nitrogens with one attached hydrogen (secondary N) is 1. The quantitative estimate of drug-likeness (QED) is 0.799. The van der Waals surface area contributed by atoms with Crippen molar-refractivity contribution in [3.05, 3.63) is 17.8 Å². The first kappa shape index (κ1) is 17.4. The summed E-state index contributed by atoms with van der Waals surface area (Å²) in [6.45, 7) is 8.18. The van der Waals surface area contributed by atoms with Crippen LogP contribution in [-0.4, -0.2) is 30.2 Å². The van der Waals surface area contributed by atoms with E-state index >= 15 is 0 Å². The maximum atomic E-state index is 12.5. The third kappa shape index (κ3) is 4.70. The Bertz CT molecular complexity index is 477. The number of aromatic nitrogens is 1. The van der Waals surface area contributed by atoms with E-state index in [9.17, 15) is 4.79 Å². The van der Waals surface area contributed by atoms with Gasteiger partial charge in [0.2, 0.25) is 5.88 Å². The summed E-state index contributed by atoms with van der Waals surface area (Å²) in [6, 6.07) is 3.53. The highest BCUT2D eigenvalue weighted by atomic mass is 16.5. The number of amides is 1. The van der Waals surface area contributed by atoms with Crippen LogP contribution in [0.2, 0.25) is 0 Å². The Balaban J connectivity index is 2.86. The molecule has 1 aromatic rings. The summed E-state index contributed by atoms with van der Waals surface area (Å²) < 4.78 is 10.8. The van der Waals surface area contributed by atoms with E-state index in [0.29, 0.717) is 24.6 Å². The topological polar surface area (TPSA) is 60.5 Å². The third-order valence-corrected chi connectivity index (χ3v) is 3.47. The van der Waals surface area contributed by atoms with Gasteiger partial charge in [-0.05, 0) is 33.3 Å². The monoisotopic (exact) mass is 294 g/mol. The summed E-state index contributed by atoms with van der Waals surface area (Å²) in [7, 11) is 1.57. The van der Waals surface area contributed by atoms with Gasteiger partial charge in [0.1, 0.15) is 5.60 Å². The van der Waals surface area contributed by atoms with Gasteiger partial charge in [-0.1, -0.05) is 19.8 Å². The van der Waals surface area contributed by atoms with Crippen LogP contribution >= 0.6 is 0 Å². The van der Waals surface area contributed by atoms with E-state index in [1.807, 2.05) is 20.8 Å². The normalized spacial score (nSPS) is 13.6. The van der Waals surface area contributed by atoms with Crippen LogP contribution in [0.1, 0.15) is 45.7 Å². The predicted molar refractivity (Wildman–Crippen MR) is 83.7 cm³/mol. The summed E-state index contributed by atoms with van der Waals surface area (Å²) in [5, 5.41) is 2.91. The van der Waals surface area contributed by atoms with Crippen LogP contribution in [0.3, 0.4) is 0 Å². The lowest BCUT2D eigenvalue weighted by molar-refractivity contribution is -0.139. The number of ether oxygens (including phenoxy) is 2. The zero-order valence-electron chi connectivity index (χ0n) is 13.7. The van der Waals surface area contributed by atoms with E-state index in [2.05, 4.69) is 17.2 Å². The molecule has 118 valence electrons. The number of carbonyl (C=O) groups excluding carboxylic acids is 1. The fraction of sp³-hybridized carbons (Fsp3) is 0.625. The summed E-state index contributed by atoms with van der Waals surface area (Å²) in [5.41, 5.74) is 0.595. The number of nitrogens with zero attached hydrogens (tertiary/aromatic N) is 1. The molecular weight excluding hydrogens is 268 g/mol. The molecule has 0 radical (unpaired) electrons. The molecule has 1 atom stereocenters. The molecule has 5 heteroatoms. The van der Waals surface area contributed by atoms with Crippen molar-refractivity contribution in [2.24, 2.45) is 0 Å². The summed E-state index contributed by atoms with van der Waals surface area (Å²) in [4.78, 5) is 16.8. The van der Waals surface area contributed by atoms with Gasteiger partial charge in [0.15, 0.2) is 0 Å². The molecule has 5 nitrogen and oxygen atoms in total. The second kappa shape index (κ2) is 7.98. The number of aryl methyl sites for hydroxylation is 1. The fourth-order valence-corrected chi connectivity index (χ4v) is 2.12. The molecule has 0 aromatic carbocycles. The van der Waals surface area contributed by atoms with Gasteiger partial charge in [0.25, 0.3) is 5.91 Å². The number of carbonyl (C=O) groups is 1. The van der Waals surface area contributed by atoms with Gasteiger partial charge >= 0.3 is 0 Å². The molecule has 21 heavy (non-hydrogen) atoms. The van der Waals surface area contributed by atoms with Crippen molar-refractivity contribution in [1.29, 1.82) is 0 Å². The van der Waals surface area contributed by atoms with Gasteiger partial charge in [-0.25, -0.2) is 4.98 Å². The van der Waals surface area contributed by atoms with E-state index in [4.69, 9.17) is 9.47 Å². The maximum absolute atomic E-state index is 12.5. The van der Waals surface area contributed by atoms with E-state index in [0.717, 1.165) is 18.5 Å². The molecule has 0 saturated heterocycles. The molecule has 0 aliphatic heterocycles. The lowest BCUT2D eigenvalue weighted by atomic mass is 9.97. The van der Waals surface area contributed by atoms with Crippen molar-refractivity contribution in [2.45, 2.75) is 52.6 Å². The molecule has 0 aliphatic rings. The number of unbranched alkanes of at least 4 members (excludes halogenated alkanes) is 1. The molecular formula is C16H26N2O3. The van der Waals surface area contributed by atoms with Crippen molar-refractivity contribution in [1.82, 2.24) is 4.98 Å². The number of hydrogen-bond donors (Lipinski definition) is 1. The van der Waals surface area contributed by atoms with Crippen LogP contribution in [0.15, 0.2) is 12.1 Å². The number of anilines is 1. The second-order valence-corrected chi connectivity index (χ2v) is 5.21. The lowest BCUT2D eigenvalue weighted by Gasteiger charge is -2.28. The summed E-state index contributed by atoms with van der Waals surface area (Å²) >= 11 is 0. The average Bonchev–Trinajstić information content (AvgIpc) is 2.47. The molecule has 0 unspecified atom stereocenters. The summed E-state index contributed by atoms with van der Waals surface area (Å²) in [5.74, 6) is 0.400. The highest BCUT2D eigenvalue weighted by Gasteiger charge is 2.33. The number of hydrogen-bond acceptors (Lipinski definition) is 4. The van der Waals surface area contributed by atoms with Gasteiger partial charge in [0.05, 0.1) is 18.5 Å². The van der Waals surface area contributed by atoms with Crippen LogP contribution < -0.4 is 10.1 Å². The molecule has 1 aromatic heterocycles. The molecule has 1 amide bonds. The van der Waals surface area contributed by atoms with Gasteiger partial charge in [-0.2, -0.15) is 0 Å². The lowest BCUT2D eigenvalue weighted by Crippen LogP contribution is -2.43. The molecule has 0 aliphatic carbocycles. The minimum Gasteiger partial charge on any atom is -0.481 e. The number of pyridine rings is 1. The molecule has 0 spiro atoms. The van der Waals surface area contributed by atoms with Crippen LogP contribution in [-0.2, 0) is 9.53 Å².